The van der Waals surface area contributed by atoms with Gasteiger partial charge in [-0.1, -0.05) is 46.9 Å². The fourth-order valence-electron chi connectivity index (χ4n) is 2.01. The smallest absolute Gasteiger partial charge is 0.141 e. The van der Waals surface area contributed by atoms with Crippen molar-refractivity contribution in [1.82, 2.24) is 0 Å². The van der Waals surface area contributed by atoms with Crippen molar-refractivity contribution in [2.24, 2.45) is 5.73 Å². The lowest BCUT2D eigenvalue weighted by atomic mass is 10.00. The minimum Gasteiger partial charge on any atom is -0.327 e. The van der Waals surface area contributed by atoms with Crippen LogP contribution in [0.5, 0.6) is 0 Å². The fourth-order valence-corrected chi connectivity index (χ4v) is 2.53. The summed E-state index contributed by atoms with van der Waals surface area (Å²) in [6.45, 7) is 0. The molecular weight excluding hydrogens is 320 g/mol. The Labute approximate surface area is 132 Å². The second-order valence-corrected chi connectivity index (χ2v) is 5.89. The van der Waals surface area contributed by atoms with Gasteiger partial charge in [-0.2, -0.15) is 0 Å². The summed E-state index contributed by atoms with van der Waals surface area (Å²) in [6, 6.07) is 9.99. The number of hydrogen-bond donors (Lipinski definition) is 1. The van der Waals surface area contributed by atoms with Gasteiger partial charge in [0.1, 0.15) is 5.82 Å². The first kappa shape index (κ1) is 15.6. The molecule has 0 fully saturated rings. The van der Waals surface area contributed by atoms with Crippen LogP contribution in [-0.4, -0.2) is 6.04 Å². The van der Waals surface area contributed by atoms with Crippen LogP contribution in [0, 0.1) is 5.82 Å². The van der Waals surface area contributed by atoms with E-state index >= 15 is 0 Å². The summed E-state index contributed by atoms with van der Waals surface area (Å²) in [5.74, 6) is -0.423. The molecule has 0 spiro atoms. The van der Waals surface area contributed by atoms with E-state index in [1.165, 1.54) is 6.07 Å². The third-order valence-electron chi connectivity index (χ3n) is 2.96. The monoisotopic (exact) mass is 331 g/mol. The minimum atomic E-state index is -0.423. The highest BCUT2D eigenvalue weighted by molar-refractivity contribution is 6.42. The number of halogens is 4. The predicted molar refractivity (Wildman–Crippen MR) is 83.3 cm³/mol. The summed E-state index contributed by atoms with van der Waals surface area (Å²) in [7, 11) is 0. The zero-order valence-corrected chi connectivity index (χ0v) is 12.8. The first-order chi connectivity index (χ1) is 9.45. The number of hydrogen-bond acceptors (Lipinski definition) is 1. The van der Waals surface area contributed by atoms with Gasteiger partial charge in [-0.05, 0) is 48.2 Å². The molecule has 1 atom stereocenters. The van der Waals surface area contributed by atoms with Crippen LogP contribution in [0.25, 0.3) is 0 Å². The van der Waals surface area contributed by atoms with Gasteiger partial charge in [-0.3, -0.25) is 0 Å². The Morgan fingerprint density at radius 1 is 0.850 bits per heavy atom. The first-order valence-electron chi connectivity index (χ1n) is 6.09. The maximum atomic E-state index is 13.1. The Bertz CT molecular complexity index is 563. The second kappa shape index (κ2) is 6.77. The van der Waals surface area contributed by atoms with E-state index in [1.807, 2.05) is 6.07 Å². The molecule has 2 rings (SSSR count). The molecule has 0 saturated heterocycles. The summed E-state index contributed by atoms with van der Waals surface area (Å²) in [5.41, 5.74) is 8.02. The molecule has 106 valence electrons. The molecule has 0 heterocycles. The van der Waals surface area contributed by atoms with Crippen LogP contribution < -0.4 is 5.73 Å². The van der Waals surface area contributed by atoms with Gasteiger partial charge in [-0.15, -0.1) is 0 Å². The van der Waals surface area contributed by atoms with E-state index in [1.54, 1.807) is 24.3 Å². The van der Waals surface area contributed by atoms with Gasteiger partial charge >= 0.3 is 0 Å². The van der Waals surface area contributed by atoms with Gasteiger partial charge in [0, 0.05) is 6.04 Å². The molecule has 2 N–H and O–H groups in total. The van der Waals surface area contributed by atoms with Crippen LogP contribution in [0.4, 0.5) is 4.39 Å². The second-order valence-electron chi connectivity index (χ2n) is 4.67. The topological polar surface area (TPSA) is 26.0 Å². The molecule has 1 nitrogen and oxygen atoms in total. The minimum absolute atomic E-state index is 0.103. The van der Waals surface area contributed by atoms with Gasteiger partial charge < -0.3 is 5.73 Å². The van der Waals surface area contributed by atoms with E-state index in [-0.39, 0.29) is 11.1 Å². The Balaban J connectivity index is 2.02. The molecule has 20 heavy (non-hydrogen) atoms. The Kier molecular flexibility index (Phi) is 5.28. The standard InChI is InChI=1S/C15H13Cl3FN/c16-12-3-1-9(7-13(12)17)5-11(20)6-10-2-4-15(19)14(18)8-10/h1-4,7-8,11H,5-6,20H2. The highest BCUT2D eigenvalue weighted by Gasteiger charge is 2.09. The lowest BCUT2D eigenvalue weighted by molar-refractivity contribution is 0.624. The van der Waals surface area contributed by atoms with Crippen LogP contribution in [0.2, 0.25) is 15.1 Å². The summed E-state index contributed by atoms with van der Waals surface area (Å²) >= 11 is 17.6. The average molecular weight is 333 g/mol. The SMILES string of the molecule is NC(Cc1ccc(F)c(Cl)c1)Cc1ccc(Cl)c(Cl)c1. The van der Waals surface area contributed by atoms with E-state index in [0.29, 0.717) is 22.9 Å². The lowest BCUT2D eigenvalue weighted by Gasteiger charge is -2.12. The maximum Gasteiger partial charge on any atom is 0.141 e. The lowest BCUT2D eigenvalue weighted by Crippen LogP contribution is -2.25. The normalized spacial score (nSPS) is 12.4. The van der Waals surface area contributed by atoms with Crippen molar-refractivity contribution in [3.8, 4) is 0 Å². The molecule has 5 heteroatoms. The third-order valence-corrected chi connectivity index (χ3v) is 3.99. The van der Waals surface area contributed by atoms with Crippen LogP contribution in [0.3, 0.4) is 0 Å². The van der Waals surface area contributed by atoms with Gasteiger partial charge in [0.25, 0.3) is 0 Å². The Hall–Kier alpha value is -0.800. The van der Waals surface area contributed by atoms with Crippen LogP contribution in [0.1, 0.15) is 11.1 Å². The highest BCUT2D eigenvalue weighted by Crippen LogP contribution is 2.23. The molecule has 0 aromatic heterocycles. The number of nitrogens with two attached hydrogens (primary N) is 1. The Morgan fingerprint density at radius 2 is 1.40 bits per heavy atom. The van der Waals surface area contributed by atoms with E-state index < -0.39 is 5.82 Å². The van der Waals surface area contributed by atoms with E-state index in [4.69, 9.17) is 40.5 Å². The van der Waals surface area contributed by atoms with Crippen molar-refractivity contribution in [2.45, 2.75) is 18.9 Å². The van der Waals surface area contributed by atoms with Gasteiger partial charge in [-0.25, -0.2) is 4.39 Å². The summed E-state index contributed by atoms with van der Waals surface area (Å²) in [6.07, 6.45) is 1.27. The first-order valence-corrected chi connectivity index (χ1v) is 7.22. The van der Waals surface area contributed by atoms with Crippen LogP contribution in [-0.2, 0) is 12.8 Å². The van der Waals surface area contributed by atoms with E-state index in [0.717, 1.165) is 11.1 Å². The van der Waals surface area contributed by atoms with E-state index in [9.17, 15) is 4.39 Å². The van der Waals surface area contributed by atoms with Crippen molar-refractivity contribution >= 4 is 34.8 Å². The molecule has 2 aromatic rings. The third kappa shape index (κ3) is 4.10. The molecule has 0 radical (unpaired) electrons. The summed E-state index contributed by atoms with van der Waals surface area (Å²) in [5, 5.41) is 1.15. The average Bonchev–Trinajstić information content (AvgIpc) is 2.38. The quantitative estimate of drug-likeness (QED) is 0.847. The van der Waals surface area contributed by atoms with Crippen LogP contribution >= 0.6 is 34.8 Å². The predicted octanol–water partition coefficient (Wildman–Crippen LogP) is 4.90. The molecule has 0 bridgehead atoms. The van der Waals surface area contributed by atoms with Crippen molar-refractivity contribution < 1.29 is 4.39 Å². The fraction of sp³-hybridized carbons (Fsp3) is 0.200. The van der Waals surface area contributed by atoms with Gasteiger partial charge in [0.2, 0.25) is 0 Å². The summed E-state index contributed by atoms with van der Waals surface area (Å²) < 4.78 is 13.1. The number of benzene rings is 2. The van der Waals surface area contributed by atoms with E-state index in [2.05, 4.69) is 0 Å². The molecule has 0 saturated carbocycles. The van der Waals surface area contributed by atoms with Crippen LogP contribution in [0.15, 0.2) is 36.4 Å². The largest absolute Gasteiger partial charge is 0.327 e. The van der Waals surface area contributed by atoms with Crippen molar-refractivity contribution in [3.63, 3.8) is 0 Å². The summed E-state index contributed by atoms with van der Waals surface area (Å²) in [4.78, 5) is 0. The highest BCUT2D eigenvalue weighted by atomic mass is 35.5. The van der Waals surface area contributed by atoms with Gasteiger partial charge in [0.05, 0.1) is 15.1 Å². The van der Waals surface area contributed by atoms with Crippen molar-refractivity contribution in [2.75, 3.05) is 0 Å². The molecule has 0 aliphatic heterocycles. The van der Waals surface area contributed by atoms with Crippen molar-refractivity contribution in [1.29, 1.82) is 0 Å². The van der Waals surface area contributed by atoms with Crippen molar-refractivity contribution in [3.05, 3.63) is 68.4 Å². The molecule has 0 amide bonds. The molecule has 2 aromatic carbocycles. The molecule has 0 aliphatic carbocycles. The zero-order chi connectivity index (χ0) is 14.7. The van der Waals surface area contributed by atoms with Gasteiger partial charge in [0.15, 0.2) is 0 Å². The maximum absolute atomic E-state index is 13.1. The Morgan fingerprint density at radius 3 is 1.95 bits per heavy atom. The molecule has 1 unspecified atom stereocenters. The zero-order valence-electron chi connectivity index (χ0n) is 10.5. The molecule has 0 aliphatic rings. The molecular formula is C15H13Cl3FN. The number of rotatable bonds is 4.